The summed E-state index contributed by atoms with van der Waals surface area (Å²) in [6.07, 6.45) is 0.919. The number of carbonyl (C=O) groups is 1. The predicted octanol–water partition coefficient (Wildman–Crippen LogP) is 0.521. The van der Waals surface area contributed by atoms with Crippen LogP contribution in [0.4, 0.5) is 5.69 Å². The van der Waals surface area contributed by atoms with Crippen LogP contribution in [0.15, 0.2) is 18.2 Å². The minimum Gasteiger partial charge on any atom is -0.482 e. The maximum absolute atomic E-state index is 12.0. The van der Waals surface area contributed by atoms with Crippen LogP contribution in [0, 0.1) is 0 Å². The summed E-state index contributed by atoms with van der Waals surface area (Å²) in [6.45, 7) is 3.38. The number of fused-ring (bicyclic) bond motifs is 1. The Morgan fingerprint density at radius 2 is 2.32 bits per heavy atom. The highest BCUT2D eigenvalue weighted by Gasteiger charge is 2.28. The first kappa shape index (κ1) is 13.8. The lowest BCUT2D eigenvalue weighted by Crippen LogP contribution is -2.47. The second-order valence-electron chi connectivity index (χ2n) is 4.79. The van der Waals surface area contributed by atoms with Crippen LogP contribution in [0.3, 0.4) is 0 Å². The number of rotatable bonds is 5. The minimum atomic E-state index is -0.0313. The second-order valence-corrected chi connectivity index (χ2v) is 4.79. The van der Waals surface area contributed by atoms with Gasteiger partial charge in [0.2, 0.25) is 0 Å². The van der Waals surface area contributed by atoms with Gasteiger partial charge in [0.05, 0.1) is 5.69 Å². The third kappa shape index (κ3) is 2.88. The molecule has 1 aliphatic rings. The van der Waals surface area contributed by atoms with E-state index in [-0.39, 0.29) is 18.6 Å². The van der Waals surface area contributed by atoms with Crippen molar-refractivity contribution in [3.8, 4) is 5.75 Å². The summed E-state index contributed by atoms with van der Waals surface area (Å²) in [5, 5.41) is 3.12. The van der Waals surface area contributed by atoms with Crippen LogP contribution in [0.2, 0.25) is 0 Å². The smallest absolute Gasteiger partial charge is 0.265 e. The molecular formula is C14H21N3O2. The molecule has 19 heavy (non-hydrogen) atoms. The van der Waals surface area contributed by atoms with Crippen molar-refractivity contribution in [2.75, 3.05) is 31.6 Å². The second kappa shape index (κ2) is 6.04. The Hall–Kier alpha value is -1.59. The van der Waals surface area contributed by atoms with Crippen molar-refractivity contribution in [1.82, 2.24) is 5.32 Å². The zero-order valence-corrected chi connectivity index (χ0v) is 11.5. The van der Waals surface area contributed by atoms with Crippen LogP contribution in [0.5, 0.6) is 5.75 Å². The van der Waals surface area contributed by atoms with Gasteiger partial charge in [-0.2, -0.15) is 0 Å². The molecule has 1 amide bonds. The number of carbonyl (C=O) groups excluding carboxylic acids is 1. The molecule has 1 aromatic carbocycles. The summed E-state index contributed by atoms with van der Waals surface area (Å²) in [4.78, 5) is 13.8. The molecule has 1 heterocycles. The van der Waals surface area contributed by atoms with Gasteiger partial charge in [0.25, 0.3) is 5.91 Å². The van der Waals surface area contributed by atoms with Gasteiger partial charge >= 0.3 is 0 Å². The molecule has 5 nitrogen and oxygen atoms in total. The molecule has 0 spiro atoms. The van der Waals surface area contributed by atoms with Crippen LogP contribution >= 0.6 is 0 Å². The van der Waals surface area contributed by atoms with E-state index in [0.29, 0.717) is 6.54 Å². The van der Waals surface area contributed by atoms with E-state index in [1.165, 1.54) is 5.56 Å². The number of nitrogens with zero attached hydrogens (tertiary/aromatic N) is 1. The van der Waals surface area contributed by atoms with Crippen LogP contribution in [0.1, 0.15) is 12.5 Å². The minimum absolute atomic E-state index is 0.0188. The van der Waals surface area contributed by atoms with Gasteiger partial charge in [-0.3, -0.25) is 4.79 Å². The van der Waals surface area contributed by atoms with Crippen molar-refractivity contribution < 1.29 is 9.53 Å². The van der Waals surface area contributed by atoms with Gasteiger partial charge < -0.3 is 20.7 Å². The Kier molecular flexibility index (Phi) is 4.39. The summed E-state index contributed by atoms with van der Waals surface area (Å²) >= 11 is 0. The maximum Gasteiger partial charge on any atom is 0.265 e. The number of hydrogen-bond donors (Lipinski definition) is 2. The number of amides is 1. The highest BCUT2D eigenvalue weighted by Crippen LogP contribution is 2.34. The Bertz CT molecular complexity index is 462. The summed E-state index contributed by atoms with van der Waals surface area (Å²) in [6, 6.07) is 5.98. The van der Waals surface area contributed by atoms with Gasteiger partial charge in [-0.05, 0) is 44.6 Å². The Morgan fingerprint density at radius 3 is 3.00 bits per heavy atom. The van der Waals surface area contributed by atoms with E-state index in [4.69, 9.17) is 10.5 Å². The predicted molar refractivity (Wildman–Crippen MR) is 75.6 cm³/mol. The lowest BCUT2D eigenvalue weighted by Gasteiger charge is -2.33. The fourth-order valence-electron chi connectivity index (χ4n) is 2.23. The van der Waals surface area contributed by atoms with E-state index in [9.17, 15) is 4.79 Å². The van der Waals surface area contributed by atoms with E-state index in [1.54, 1.807) is 4.90 Å². The fraction of sp³-hybridized carbons (Fsp3) is 0.500. The Labute approximate surface area is 113 Å². The molecule has 1 unspecified atom stereocenters. The van der Waals surface area contributed by atoms with Crippen LogP contribution < -0.4 is 20.7 Å². The first-order valence-electron chi connectivity index (χ1n) is 6.59. The van der Waals surface area contributed by atoms with Crippen LogP contribution in [-0.2, 0) is 11.2 Å². The molecule has 0 bridgehead atoms. The lowest BCUT2D eigenvalue weighted by atomic mass is 10.1. The van der Waals surface area contributed by atoms with E-state index in [2.05, 4.69) is 5.32 Å². The molecule has 0 aromatic heterocycles. The molecule has 0 radical (unpaired) electrons. The molecule has 1 aliphatic heterocycles. The first-order chi connectivity index (χ1) is 9.17. The highest BCUT2D eigenvalue weighted by molar-refractivity contribution is 5.98. The quantitative estimate of drug-likeness (QED) is 0.813. The van der Waals surface area contributed by atoms with Crippen molar-refractivity contribution in [2.24, 2.45) is 5.73 Å². The van der Waals surface area contributed by atoms with Crippen molar-refractivity contribution in [3.63, 3.8) is 0 Å². The van der Waals surface area contributed by atoms with Crippen LogP contribution in [-0.4, -0.2) is 38.7 Å². The van der Waals surface area contributed by atoms with E-state index < -0.39 is 0 Å². The van der Waals surface area contributed by atoms with Gasteiger partial charge in [0, 0.05) is 12.6 Å². The summed E-state index contributed by atoms with van der Waals surface area (Å²) < 4.78 is 5.47. The number of ether oxygens (including phenoxy) is 1. The highest BCUT2D eigenvalue weighted by atomic mass is 16.5. The van der Waals surface area contributed by atoms with Crippen molar-refractivity contribution in [3.05, 3.63) is 23.8 Å². The summed E-state index contributed by atoms with van der Waals surface area (Å²) in [5.74, 6) is 0.726. The fourth-order valence-corrected chi connectivity index (χ4v) is 2.23. The molecule has 3 N–H and O–H groups in total. The van der Waals surface area contributed by atoms with Gasteiger partial charge in [-0.15, -0.1) is 0 Å². The normalized spacial score (nSPS) is 15.9. The molecule has 104 valence electrons. The number of nitrogens with two attached hydrogens (primary N) is 1. The Morgan fingerprint density at radius 1 is 1.53 bits per heavy atom. The van der Waals surface area contributed by atoms with Gasteiger partial charge in [0.1, 0.15) is 5.75 Å². The third-order valence-corrected chi connectivity index (χ3v) is 3.35. The molecule has 5 heteroatoms. The molecule has 1 atom stereocenters. The van der Waals surface area contributed by atoms with E-state index >= 15 is 0 Å². The van der Waals surface area contributed by atoms with Crippen molar-refractivity contribution in [2.45, 2.75) is 19.4 Å². The zero-order chi connectivity index (χ0) is 13.8. The molecule has 0 saturated heterocycles. The standard InChI is InChI=1S/C14H21N3O2/c1-10(8-15)17-12-7-11(5-6-16-2)3-4-13(12)19-9-14(17)18/h3-4,7,10,16H,5-6,8-9,15H2,1-2H3. The lowest BCUT2D eigenvalue weighted by molar-refractivity contribution is -0.121. The van der Waals surface area contributed by atoms with Gasteiger partial charge in [-0.1, -0.05) is 6.07 Å². The topological polar surface area (TPSA) is 67.6 Å². The number of anilines is 1. The Balaban J connectivity index is 2.32. The van der Waals surface area contributed by atoms with E-state index in [1.807, 2.05) is 32.2 Å². The van der Waals surface area contributed by atoms with Gasteiger partial charge in [-0.25, -0.2) is 0 Å². The first-order valence-corrected chi connectivity index (χ1v) is 6.59. The monoisotopic (exact) mass is 263 g/mol. The van der Waals surface area contributed by atoms with Crippen molar-refractivity contribution in [1.29, 1.82) is 0 Å². The molecular weight excluding hydrogens is 242 g/mol. The summed E-state index contributed by atoms with van der Waals surface area (Å²) in [5.41, 5.74) is 7.71. The van der Waals surface area contributed by atoms with Gasteiger partial charge in [0.15, 0.2) is 6.61 Å². The van der Waals surface area contributed by atoms with Crippen LogP contribution in [0.25, 0.3) is 0 Å². The SMILES string of the molecule is CNCCc1ccc2c(c1)N(C(C)CN)C(=O)CO2. The summed E-state index contributed by atoms with van der Waals surface area (Å²) in [7, 11) is 1.92. The zero-order valence-electron chi connectivity index (χ0n) is 11.5. The number of hydrogen-bond acceptors (Lipinski definition) is 4. The maximum atomic E-state index is 12.0. The average Bonchev–Trinajstić information content (AvgIpc) is 2.44. The number of benzene rings is 1. The van der Waals surface area contributed by atoms with Crippen molar-refractivity contribution >= 4 is 11.6 Å². The molecule has 0 fully saturated rings. The van der Waals surface area contributed by atoms with E-state index in [0.717, 1.165) is 24.4 Å². The number of likely N-dealkylation sites (N-methyl/N-ethyl adjacent to an activating group) is 1. The molecule has 2 rings (SSSR count). The molecule has 0 saturated carbocycles. The average molecular weight is 263 g/mol. The number of nitrogens with one attached hydrogen (secondary N) is 1. The molecule has 0 aliphatic carbocycles. The third-order valence-electron chi connectivity index (χ3n) is 3.35. The largest absolute Gasteiger partial charge is 0.482 e. The molecule has 1 aromatic rings.